The Morgan fingerprint density at radius 1 is 1.40 bits per heavy atom. The molecule has 20 heavy (non-hydrogen) atoms. The molecule has 2 aromatic heterocycles. The predicted octanol–water partition coefficient (Wildman–Crippen LogP) is 3.51. The minimum absolute atomic E-state index is 0.102. The van der Waals surface area contributed by atoms with Crippen LogP contribution in [0.15, 0.2) is 30.4 Å². The molecule has 1 aliphatic carbocycles. The van der Waals surface area contributed by atoms with Gasteiger partial charge in [0.15, 0.2) is 0 Å². The molecule has 0 amide bonds. The molecule has 0 unspecified atom stereocenters. The summed E-state index contributed by atoms with van der Waals surface area (Å²) in [6, 6.07) is 0. The Labute approximate surface area is 120 Å². The quantitative estimate of drug-likeness (QED) is 0.813. The molecule has 0 N–H and O–H groups in total. The van der Waals surface area contributed by atoms with Crippen LogP contribution in [0, 0.1) is 0 Å². The smallest absolute Gasteiger partial charge is 0.240 e. The van der Waals surface area contributed by atoms with E-state index in [1.54, 1.807) is 19.4 Å². The molecule has 1 aliphatic rings. The van der Waals surface area contributed by atoms with Gasteiger partial charge in [0.25, 0.3) is 0 Å². The van der Waals surface area contributed by atoms with Gasteiger partial charge in [0.1, 0.15) is 17.2 Å². The van der Waals surface area contributed by atoms with E-state index >= 15 is 0 Å². The average Bonchev–Trinajstić information content (AvgIpc) is 2.90. The summed E-state index contributed by atoms with van der Waals surface area (Å²) < 4.78 is 20.3. The van der Waals surface area contributed by atoms with Gasteiger partial charge in [-0.25, -0.2) is 14.4 Å². The number of hydrogen-bond donors (Lipinski definition) is 0. The van der Waals surface area contributed by atoms with Crippen LogP contribution in [0.1, 0.15) is 24.4 Å². The summed E-state index contributed by atoms with van der Waals surface area (Å²) in [6.07, 6.45) is 7.83. The number of fused-ring (bicyclic) bond motifs is 1. The third kappa shape index (κ3) is 2.18. The van der Waals surface area contributed by atoms with Gasteiger partial charge in [-0.3, -0.25) is 4.40 Å². The summed E-state index contributed by atoms with van der Waals surface area (Å²) in [7, 11) is 1.56. The van der Waals surface area contributed by atoms with E-state index in [4.69, 9.17) is 16.3 Å². The second-order valence-corrected chi connectivity index (χ2v) is 4.78. The van der Waals surface area contributed by atoms with Crippen molar-refractivity contribution in [3.8, 4) is 5.88 Å². The fraction of sp³-hybridized carbons (Fsp3) is 0.286. The number of imidazole rings is 1. The van der Waals surface area contributed by atoms with Crippen LogP contribution >= 0.6 is 11.6 Å². The number of methoxy groups -OCH3 is 1. The lowest BCUT2D eigenvalue weighted by atomic mass is 10.0. The molecule has 2 aromatic rings. The largest absolute Gasteiger partial charge is 0.479 e. The standard InChI is InChI=1S/C14H13ClFN3O/c1-20-14-12-7-17-13(9-2-4-10(16)5-3-9)19(12)8-11(6-15)18-14/h2,4,7-8H,3,5-6H2,1H3. The van der Waals surface area contributed by atoms with Crippen molar-refractivity contribution in [2.45, 2.75) is 18.7 Å². The summed E-state index contributed by atoms with van der Waals surface area (Å²) in [5.74, 6) is 1.45. The van der Waals surface area contributed by atoms with Gasteiger partial charge >= 0.3 is 0 Å². The van der Waals surface area contributed by atoms with Crippen molar-refractivity contribution in [1.82, 2.24) is 14.4 Å². The predicted molar refractivity (Wildman–Crippen MR) is 75.5 cm³/mol. The van der Waals surface area contributed by atoms with Crippen LogP contribution < -0.4 is 4.74 Å². The Hall–Kier alpha value is -1.88. The molecule has 3 rings (SSSR count). The molecule has 6 heteroatoms. The van der Waals surface area contributed by atoms with E-state index in [1.165, 1.54) is 6.08 Å². The minimum atomic E-state index is -0.102. The first-order valence-electron chi connectivity index (χ1n) is 6.25. The Balaban J connectivity index is 2.18. The highest BCUT2D eigenvalue weighted by molar-refractivity contribution is 6.16. The molecule has 0 aromatic carbocycles. The number of allylic oxidation sites excluding steroid dienone is 4. The van der Waals surface area contributed by atoms with Crippen LogP contribution in [0.5, 0.6) is 5.88 Å². The molecule has 0 aliphatic heterocycles. The summed E-state index contributed by atoms with van der Waals surface area (Å²) in [5.41, 5.74) is 2.46. The van der Waals surface area contributed by atoms with Gasteiger partial charge in [0.2, 0.25) is 5.88 Å². The van der Waals surface area contributed by atoms with Crippen molar-refractivity contribution in [2.75, 3.05) is 7.11 Å². The molecule has 0 radical (unpaired) electrons. The summed E-state index contributed by atoms with van der Waals surface area (Å²) in [5, 5.41) is 0. The molecule has 0 spiro atoms. The fourth-order valence-corrected chi connectivity index (χ4v) is 2.39. The maximum Gasteiger partial charge on any atom is 0.240 e. The average molecular weight is 294 g/mol. The van der Waals surface area contributed by atoms with Crippen LogP contribution in [0.25, 0.3) is 11.1 Å². The van der Waals surface area contributed by atoms with Gasteiger partial charge in [0, 0.05) is 12.6 Å². The van der Waals surface area contributed by atoms with E-state index in [-0.39, 0.29) is 11.7 Å². The Bertz CT molecular complexity index is 721. The van der Waals surface area contributed by atoms with E-state index in [0.717, 1.165) is 16.9 Å². The highest BCUT2D eigenvalue weighted by atomic mass is 35.5. The number of alkyl halides is 1. The molecule has 4 nitrogen and oxygen atoms in total. The van der Waals surface area contributed by atoms with Crippen molar-refractivity contribution in [1.29, 1.82) is 0 Å². The monoisotopic (exact) mass is 293 g/mol. The molecule has 104 valence electrons. The van der Waals surface area contributed by atoms with Gasteiger partial charge in [-0.1, -0.05) is 6.08 Å². The molecule has 0 atom stereocenters. The number of aromatic nitrogens is 3. The van der Waals surface area contributed by atoms with Crippen LogP contribution in [0.2, 0.25) is 0 Å². The van der Waals surface area contributed by atoms with Gasteiger partial charge < -0.3 is 4.74 Å². The lowest BCUT2D eigenvalue weighted by molar-refractivity contribution is 0.400. The zero-order chi connectivity index (χ0) is 14.1. The second kappa shape index (κ2) is 5.25. The van der Waals surface area contributed by atoms with Crippen LogP contribution in [0.4, 0.5) is 4.39 Å². The van der Waals surface area contributed by atoms with E-state index < -0.39 is 0 Å². The maximum absolute atomic E-state index is 13.1. The van der Waals surface area contributed by atoms with E-state index in [9.17, 15) is 4.39 Å². The molecule has 0 bridgehead atoms. The minimum Gasteiger partial charge on any atom is -0.479 e. The van der Waals surface area contributed by atoms with E-state index in [1.807, 2.05) is 10.6 Å². The second-order valence-electron chi connectivity index (χ2n) is 4.52. The summed E-state index contributed by atoms with van der Waals surface area (Å²) in [6.45, 7) is 0. The zero-order valence-electron chi connectivity index (χ0n) is 10.9. The normalized spacial score (nSPS) is 15.2. The number of nitrogens with zero attached hydrogens (tertiary/aromatic N) is 3. The first-order valence-corrected chi connectivity index (χ1v) is 6.79. The van der Waals surface area contributed by atoms with Crippen molar-refractivity contribution < 1.29 is 9.13 Å². The van der Waals surface area contributed by atoms with Crippen LogP contribution in [0.3, 0.4) is 0 Å². The molecular weight excluding hydrogens is 281 g/mol. The highest BCUT2D eigenvalue weighted by Crippen LogP contribution is 2.29. The van der Waals surface area contributed by atoms with E-state index in [0.29, 0.717) is 24.4 Å². The van der Waals surface area contributed by atoms with Gasteiger partial charge in [-0.05, 0) is 18.1 Å². The van der Waals surface area contributed by atoms with E-state index in [2.05, 4.69) is 9.97 Å². The van der Waals surface area contributed by atoms with Crippen molar-refractivity contribution in [3.05, 3.63) is 41.9 Å². The third-order valence-electron chi connectivity index (χ3n) is 3.26. The molecule has 0 fully saturated rings. The third-order valence-corrected chi connectivity index (χ3v) is 3.53. The van der Waals surface area contributed by atoms with Crippen LogP contribution in [-0.2, 0) is 5.88 Å². The lowest BCUT2D eigenvalue weighted by Crippen LogP contribution is -2.02. The topological polar surface area (TPSA) is 39.4 Å². The maximum atomic E-state index is 13.1. The molecule has 0 saturated carbocycles. The fourth-order valence-electron chi connectivity index (χ4n) is 2.27. The van der Waals surface area contributed by atoms with Gasteiger partial charge in [-0.2, -0.15) is 0 Å². The highest BCUT2D eigenvalue weighted by Gasteiger charge is 2.16. The number of halogens is 2. The van der Waals surface area contributed by atoms with Crippen LogP contribution in [-0.4, -0.2) is 21.5 Å². The number of ether oxygens (including phenoxy) is 1. The Morgan fingerprint density at radius 2 is 2.25 bits per heavy atom. The molecule has 0 saturated heterocycles. The Morgan fingerprint density at radius 3 is 2.90 bits per heavy atom. The summed E-state index contributed by atoms with van der Waals surface area (Å²) in [4.78, 5) is 8.71. The SMILES string of the molecule is COc1nc(CCl)cn2c(C3=CC=C(F)CC3)ncc12. The number of rotatable bonds is 3. The molecular formula is C14H13ClFN3O. The lowest BCUT2D eigenvalue weighted by Gasteiger charge is -2.11. The zero-order valence-corrected chi connectivity index (χ0v) is 11.7. The number of hydrogen-bond acceptors (Lipinski definition) is 3. The first kappa shape index (κ1) is 13.1. The van der Waals surface area contributed by atoms with Crippen molar-refractivity contribution in [3.63, 3.8) is 0 Å². The molecule has 2 heterocycles. The first-order chi connectivity index (χ1) is 9.72. The summed E-state index contributed by atoms with van der Waals surface area (Å²) >= 11 is 5.86. The Kier molecular flexibility index (Phi) is 3.44. The van der Waals surface area contributed by atoms with Crippen molar-refractivity contribution in [2.24, 2.45) is 0 Å². The van der Waals surface area contributed by atoms with Crippen molar-refractivity contribution >= 4 is 22.7 Å². The van der Waals surface area contributed by atoms with Gasteiger partial charge in [0.05, 0.1) is 24.9 Å². The van der Waals surface area contributed by atoms with Gasteiger partial charge in [-0.15, -0.1) is 11.6 Å².